The van der Waals surface area contributed by atoms with E-state index in [1.54, 1.807) is 7.11 Å². The summed E-state index contributed by atoms with van der Waals surface area (Å²) in [5.41, 5.74) is 0.240. The van der Waals surface area contributed by atoms with Crippen molar-refractivity contribution in [3.05, 3.63) is 12.4 Å². The summed E-state index contributed by atoms with van der Waals surface area (Å²) in [5.74, 6) is 1.01. The van der Waals surface area contributed by atoms with Crippen molar-refractivity contribution in [1.29, 1.82) is 0 Å². The van der Waals surface area contributed by atoms with Gasteiger partial charge >= 0.3 is 0 Å². The molecule has 17 heavy (non-hydrogen) atoms. The lowest BCUT2D eigenvalue weighted by Gasteiger charge is -2.26. The molecule has 0 spiro atoms. The van der Waals surface area contributed by atoms with E-state index < -0.39 is 0 Å². The predicted molar refractivity (Wildman–Crippen MR) is 69.2 cm³/mol. The molecule has 1 heterocycles. The molecule has 0 aliphatic heterocycles. The van der Waals surface area contributed by atoms with Gasteiger partial charge in [0.15, 0.2) is 0 Å². The van der Waals surface area contributed by atoms with E-state index in [2.05, 4.69) is 21.8 Å². The monoisotopic (exact) mass is 237 g/mol. The lowest BCUT2D eigenvalue weighted by Crippen LogP contribution is -2.32. The third kappa shape index (κ3) is 3.22. The normalized spacial score (nSPS) is 18.5. The Bertz CT molecular complexity index is 342. The summed E-state index contributed by atoms with van der Waals surface area (Å²) >= 11 is 0. The number of aryl methyl sites for hydroxylation is 1. The summed E-state index contributed by atoms with van der Waals surface area (Å²) in [6.45, 7) is 4.06. The van der Waals surface area contributed by atoms with E-state index in [-0.39, 0.29) is 5.54 Å². The second-order valence-corrected chi connectivity index (χ2v) is 5.18. The van der Waals surface area contributed by atoms with Crippen molar-refractivity contribution >= 4 is 5.95 Å². The molecule has 0 atom stereocenters. The van der Waals surface area contributed by atoms with E-state index in [1.165, 1.54) is 25.7 Å². The smallest absolute Gasteiger partial charge is 0.203 e. The number of nitrogens with zero attached hydrogens (tertiary/aromatic N) is 2. The van der Waals surface area contributed by atoms with Gasteiger partial charge in [-0.2, -0.15) is 0 Å². The Balaban J connectivity index is 1.93. The van der Waals surface area contributed by atoms with Gasteiger partial charge in [0.05, 0.1) is 0 Å². The second kappa shape index (κ2) is 5.54. The number of imidazole rings is 1. The van der Waals surface area contributed by atoms with E-state index in [9.17, 15) is 0 Å². The number of rotatable bonds is 6. The van der Waals surface area contributed by atoms with Crippen molar-refractivity contribution in [2.24, 2.45) is 0 Å². The number of methoxy groups -OCH3 is 1. The van der Waals surface area contributed by atoms with Gasteiger partial charge in [0.25, 0.3) is 0 Å². The molecular weight excluding hydrogens is 214 g/mol. The van der Waals surface area contributed by atoms with E-state index in [0.717, 1.165) is 25.5 Å². The molecule has 0 aromatic carbocycles. The van der Waals surface area contributed by atoms with Gasteiger partial charge in [0, 0.05) is 38.2 Å². The van der Waals surface area contributed by atoms with Crippen molar-refractivity contribution in [3.63, 3.8) is 0 Å². The molecule has 0 bridgehead atoms. The third-order valence-electron chi connectivity index (χ3n) is 3.58. The predicted octanol–water partition coefficient (Wildman–Crippen LogP) is 2.66. The van der Waals surface area contributed by atoms with Crippen LogP contribution in [-0.4, -0.2) is 28.8 Å². The lowest BCUT2D eigenvalue weighted by atomic mass is 10.0. The van der Waals surface area contributed by atoms with Gasteiger partial charge < -0.3 is 14.6 Å². The largest absolute Gasteiger partial charge is 0.385 e. The average Bonchev–Trinajstić information content (AvgIpc) is 2.90. The number of anilines is 1. The van der Waals surface area contributed by atoms with Gasteiger partial charge in [0.2, 0.25) is 5.95 Å². The minimum Gasteiger partial charge on any atom is -0.385 e. The summed E-state index contributed by atoms with van der Waals surface area (Å²) in [4.78, 5) is 4.41. The van der Waals surface area contributed by atoms with Crippen LogP contribution in [-0.2, 0) is 11.3 Å². The molecule has 1 aliphatic rings. The van der Waals surface area contributed by atoms with Crippen LogP contribution in [0.5, 0.6) is 0 Å². The summed E-state index contributed by atoms with van der Waals surface area (Å²) in [7, 11) is 1.74. The number of aromatic nitrogens is 2. The molecule has 2 rings (SSSR count). The van der Waals surface area contributed by atoms with Crippen LogP contribution in [0.2, 0.25) is 0 Å². The van der Waals surface area contributed by atoms with Gasteiger partial charge in [-0.1, -0.05) is 12.8 Å². The van der Waals surface area contributed by atoms with Crippen molar-refractivity contribution in [1.82, 2.24) is 9.55 Å². The van der Waals surface area contributed by atoms with Crippen LogP contribution in [0.3, 0.4) is 0 Å². The van der Waals surface area contributed by atoms with Crippen LogP contribution in [0.4, 0.5) is 5.95 Å². The minimum atomic E-state index is 0.240. The number of nitrogens with one attached hydrogen (secondary N) is 1. The summed E-state index contributed by atoms with van der Waals surface area (Å²) < 4.78 is 7.26. The molecule has 1 aromatic rings. The summed E-state index contributed by atoms with van der Waals surface area (Å²) in [6, 6.07) is 0. The first-order valence-corrected chi connectivity index (χ1v) is 6.52. The fourth-order valence-corrected chi connectivity index (χ4v) is 2.54. The molecular formula is C13H23N3O. The molecule has 1 fully saturated rings. The topological polar surface area (TPSA) is 39.1 Å². The summed E-state index contributed by atoms with van der Waals surface area (Å²) in [6.07, 6.45) is 10.1. The highest BCUT2D eigenvalue weighted by atomic mass is 16.5. The fourth-order valence-electron chi connectivity index (χ4n) is 2.54. The molecule has 0 unspecified atom stereocenters. The molecule has 4 nitrogen and oxygen atoms in total. The van der Waals surface area contributed by atoms with Crippen LogP contribution in [0.15, 0.2) is 12.4 Å². The lowest BCUT2D eigenvalue weighted by molar-refractivity contribution is 0.190. The van der Waals surface area contributed by atoms with Crippen molar-refractivity contribution < 1.29 is 4.74 Å². The summed E-state index contributed by atoms with van der Waals surface area (Å²) in [5, 5.41) is 3.60. The molecule has 0 radical (unpaired) electrons. The standard InChI is InChI=1S/C13H23N3O/c1-13(6-3-4-7-13)15-12-14-8-10-16(12)9-5-11-17-2/h8,10H,3-7,9,11H2,1-2H3,(H,14,15). The Kier molecular flexibility index (Phi) is 4.05. The highest BCUT2D eigenvalue weighted by Gasteiger charge is 2.29. The maximum Gasteiger partial charge on any atom is 0.203 e. The highest BCUT2D eigenvalue weighted by molar-refractivity contribution is 5.31. The van der Waals surface area contributed by atoms with Crippen LogP contribution in [0, 0.1) is 0 Å². The third-order valence-corrected chi connectivity index (χ3v) is 3.58. The van der Waals surface area contributed by atoms with Crippen molar-refractivity contribution in [2.45, 2.75) is 51.1 Å². The Morgan fingerprint density at radius 2 is 2.24 bits per heavy atom. The van der Waals surface area contributed by atoms with Crippen LogP contribution in [0.1, 0.15) is 39.0 Å². The Labute approximate surface area is 103 Å². The van der Waals surface area contributed by atoms with Crippen LogP contribution < -0.4 is 5.32 Å². The van der Waals surface area contributed by atoms with E-state index in [4.69, 9.17) is 4.74 Å². The number of hydrogen-bond donors (Lipinski definition) is 1. The first-order valence-electron chi connectivity index (χ1n) is 6.52. The van der Waals surface area contributed by atoms with Gasteiger partial charge in [0.1, 0.15) is 0 Å². The van der Waals surface area contributed by atoms with Crippen molar-refractivity contribution in [2.75, 3.05) is 19.0 Å². The average molecular weight is 237 g/mol. The van der Waals surface area contributed by atoms with Gasteiger partial charge in [-0.05, 0) is 26.2 Å². The fraction of sp³-hybridized carbons (Fsp3) is 0.769. The van der Waals surface area contributed by atoms with E-state index >= 15 is 0 Å². The van der Waals surface area contributed by atoms with Gasteiger partial charge in [-0.3, -0.25) is 0 Å². The number of hydrogen-bond acceptors (Lipinski definition) is 3. The maximum atomic E-state index is 5.08. The zero-order valence-corrected chi connectivity index (χ0v) is 10.9. The molecule has 1 saturated carbocycles. The molecule has 1 N–H and O–H groups in total. The SMILES string of the molecule is COCCCn1ccnc1NC1(C)CCCC1. The molecule has 0 amide bonds. The molecule has 4 heteroatoms. The van der Waals surface area contributed by atoms with Crippen LogP contribution >= 0.6 is 0 Å². The minimum absolute atomic E-state index is 0.240. The number of ether oxygens (including phenoxy) is 1. The second-order valence-electron chi connectivity index (χ2n) is 5.18. The Morgan fingerprint density at radius 3 is 2.94 bits per heavy atom. The van der Waals surface area contributed by atoms with E-state index in [0.29, 0.717) is 0 Å². The van der Waals surface area contributed by atoms with Crippen molar-refractivity contribution in [3.8, 4) is 0 Å². The van der Waals surface area contributed by atoms with Crippen LogP contribution in [0.25, 0.3) is 0 Å². The van der Waals surface area contributed by atoms with Gasteiger partial charge in [-0.25, -0.2) is 4.98 Å². The molecule has 96 valence electrons. The highest BCUT2D eigenvalue weighted by Crippen LogP contribution is 2.32. The Hall–Kier alpha value is -1.03. The quantitative estimate of drug-likeness (QED) is 0.773. The first-order chi connectivity index (χ1) is 8.23. The molecule has 1 aromatic heterocycles. The van der Waals surface area contributed by atoms with Gasteiger partial charge in [-0.15, -0.1) is 0 Å². The zero-order chi connectivity index (χ0) is 12.1. The van der Waals surface area contributed by atoms with E-state index in [1.807, 2.05) is 12.4 Å². The first kappa shape index (κ1) is 12.4. The molecule has 0 saturated heterocycles. The maximum absolute atomic E-state index is 5.08. The molecule has 1 aliphatic carbocycles. The Morgan fingerprint density at radius 1 is 1.47 bits per heavy atom. The zero-order valence-electron chi connectivity index (χ0n) is 10.9.